The van der Waals surface area contributed by atoms with Gasteiger partial charge in [0.25, 0.3) is 0 Å². The smallest absolute Gasteiger partial charge is 0.475 e. The Hall–Kier alpha value is -1.35. The Morgan fingerprint density at radius 3 is 2.10 bits per heavy atom. The van der Waals surface area contributed by atoms with Gasteiger partial charge in [0.1, 0.15) is 5.54 Å². The minimum atomic E-state index is -5.08. The number of rotatable bonds is 1. The summed E-state index contributed by atoms with van der Waals surface area (Å²) in [7, 11) is 0. The number of piperidine rings is 1. The number of halogens is 3. The number of nitrogens with two attached hydrogens (primary N) is 1. The zero-order valence-corrected chi connectivity index (χ0v) is 11.6. The molecule has 2 aliphatic heterocycles. The molecule has 0 aliphatic carbocycles. The molecule has 0 saturated carbocycles. The molecule has 122 valence electrons. The van der Waals surface area contributed by atoms with Crippen molar-refractivity contribution in [2.75, 3.05) is 26.2 Å². The second kappa shape index (κ2) is 7.08. The van der Waals surface area contributed by atoms with Gasteiger partial charge in [0.15, 0.2) is 0 Å². The molecule has 0 bridgehead atoms. The molecule has 2 rings (SSSR count). The first kappa shape index (κ1) is 17.7. The van der Waals surface area contributed by atoms with E-state index in [1.54, 1.807) is 0 Å². The quantitative estimate of drug-likeness (QED) is 0.648. The number of carboxylic acids is 1. The Morgan fingerprint density at radius 1 is 1.19 bits per heavy atom. The number of hydrogen-bond donors (Lipinski definition) is 3. The van der Waals surface area contributed by atoms with Crippen molar-refractivity contribution in [3.05, 3.63) is 0 Å². The Labute approximate surface area is 120 Å². The molecule has 4 N–H and O–H groups in total. The largest absolute Gasteiger partial charge is 0.490 e. The van der Waals surface area contributed by atoms with Crippen LogP contribution in [0.15, 0.2) is 0 Å². The highest BCUT2D eigenvalue weighted by Gasteiger charge is 2.39. The van der Waals surface area contributed by atoms with Crippen LogP contribution in [-0.2, 0) is 9.59 Å². The van der Waals surface area contributed by atoms with Gasteiger partial charge in [-0.15, -0.1) is 0 Å². The molecule has 2 saturated heterocycles. The van der Waals surface area contributed by atoms with E-state index in [9.17, 15) is 18.0 Å². The van der Waals surface area contributed by atoms with Crippen LogP contribution >= 0.6 is 0 Å². The molecule has 0 aromatic rings. The van der Waals surface area contributed by atoms with Crippen molar-refractivity contribution < 1.29 is 27.9 Å². The summed E-state index contributed by atoms with van der Waals surface area (Å²) in [5, 5.41) is 10.3. The molecule has 0 aromatic heterocycles. The van der Waals surface area contributed by atoms with Crippen molar-refractivity contribution in [1.29, 1.82) is 0 Å². The lowest BCUT2D eigenvalue weighted by atomic mass is 9.90. The molecule has 2 heterocycles. The lowest BCUT2D eigenvalue weighted by Crippen LogP contribution is -2.62. The predicted octanol–water partition coefficient (Wildman–Crippen LogP) is 0.323. The van der Waals surface area contributed by atoms with Crippen molar-refractivity contribution in [1.82, 2.24) is 10.2 Å². The van der Waals surface area contributed by atoms with Crippen LogP contribution in [0.25, 0.3) is 0 Å². The van der Waals surface area contributed by atoms with Gasteiger partial charge < -0.3 is 21.1 Å². The Balaban J connectivity index is 0.000000270. The summed E-state index contributed by atoms with van der Waals surface area (Å²) in [6.45, 7) is 3.43. The molecule has 0 spiro atoms. The molecule has 0 aromatic carbocycles. The van der Waals surface area contributed by atoms with Gasteiger partial charge in [0.2, 0.25) is 5.91 Å². The molecule has 21 heavy (non-hydrogen) atoms. The van der Waals surface area contributed by atoms with Crippen LogP contribution in [-0.4, -0.2) is 59.8 Å². The number of nitrogens with zero attached hydrogens (tertiary/aromatic N) is 1. The number of amides is 1. The number of carboxylic acid groups (broad SMARTS) is 1. The van der Waals surface area contributed by atoms with Crippen molar-refractivity contribution in [2.24, 2.45) is 5.73 Å². The second-order valence-corrected chi connectivity index (χ2v) is 5.24. The predicted molar refractivity (Wildman–Crippen MR) is 68.5 cm³/mol. The van der Waals surface area contributed by atoms with Crippen LogP contribution in [0, 0.1) is 0 Å². The number of hydrogen-bond acceptors (Lipinski definition) is 4. The third kappa shape index (κ3) is 5.16. The number of alkyl halides is 3. The van der Waals surface area contributed by atoms with E-state index in [1.807, 2.05) is 4.90 Å². The van der Waals surface area contributed by atoms with E-state index in [-0.39, 0.29) is 5.91 Å². The number of carbonyl (C=O) groups is 2. The third-order valence-corrected chi connectivity index (χ3v) is 3.48. The summed E-state index contributed by atoms with van der Waals surface area (Å²) < 4.78 is 31.7. The average Bonchev–Trinajstić information content (AvgIpc) is 2.92. The Kier molecular flexibility index (Phi) is 5.97. The fourth-order valence-electron chi connectivity index (χ4n) is 2.35. The van der Waals surface area contributed by atoms with E-state index in [1.165, 1.54) is 0 Å². The fraction of sp³-hybridized carbons (Fsp3) is 0.833. The molecule has 1 atom stereocenters. The highest BCUT2D eigenvalue weighted by molar-refractivity contribution is 5.86. The summed E-state index contributed by atoms with van der Waals surface area (Å²) in [5.74, 6) is -2.60. The number of carbonyl (C=O) groups excluding carboxylic acids is 1. The zero-order chi connectivity index (χ0) is 16.1. The van der Waals surface area contributed by atoms with Crippen LogP contribution in [0.2, 0.25) is 0 Å². The highest BCUT2D eigenvalue weighted by atomic mass is 19.4. The van der Waals surface area contributed by atoms with Crippen molar-refractivity contribution in [3.8, 4) is 0 Å². The van der Waals surface area contributed by atoms with Gasteiger partial charge in [-0.3, -0.25) is 4.79 Å². The number of likely N-dealkylation sites (tertiary alicyclic amines) is 1. The van der Waals surface area contributed by atoms with E-state index in [0.29, 0.717) is 6.54 Å². The second-order valence-electron chi connectivity index (χ2n) is 5.24. The van der Waals surface area contributed by atoms with Gasteiger partial charge in [0, 0.05) is 19.6 Å². The first-order valence-corrected chi connectivity index (χ1v) is 6.76. The van der Waals surface area contributed by atoms with Crippen LogP contribution in [0.3, 0.4) is 0 Å². The van der Waals surface area contributed by atoms with E-state index >= 15 is 0 Å². The Bertz CT molecular complexity index is 376. The van der Waals surface area contributed by atoms with Gasteiger partial charge in [-0.05, 0) is 32.2 Å². The maximum Gasteiger partial charge on any atom is 0.490 e. The summed E-state index contributed by atoms with van der Waals surface area (Å²) in [6, 6.07) is 0. The lowest BCUT2D eigenvalue weighted by molar-refractivity contribution is -0.192. The maximum atomic E-state index is 12.1. The van der Waals surface area contributed by atoms with E-state index in [0.717, 1.165) is 45.3 Å². The zero-order valence-electron chi connectivity index (χ0n) is 11.6. The van der Waals surface area contributed by atoms with Crippen LogP contribution in [0.5, 0.6) is 0 Å². The van der Waals surface area contributed by atoms with Crippen LogP contribution in [0.4, 0.5) is 13.2 Å². The van der Waals surface area contributed by atoms with Crippen molar-refractivity contribution in [2.45, 2.75) is 37.4 Å². The van der Waals surface area contributed by atoms with Crippen LogP contribution in [0.1, 0.15) is 25.7 Å². The standard InChI is InChI=1S/C10H19N3O.C2HF3O2/c11-10(4-3-5-12-8-10)9(14)13-6-1-2-7-13;3-2(4,5)1(6)7/h12H,1-8,11H2;(H,6,7). The fourth-order valence-corrected chi connectivity index (χ4v) is 2.35. The van der Waals surface area contributed by atoms with E-state index in [4.69, 9.17) is 15.6 Å². The molecule has 9 heteroatoms. The lowest BCUT2D eigenvalue weighted by Gasteiger charge is -2.35. The highest BCUT2D eigenvalue weighted by Crippen LogP contribution is 2.19. The molecule has 6 nitrogen and oxygen atoms in total. The SMILES string of the molecule is NC1(C(=O)N2CCCC2)CCCNC1.O=C(O)C(F)(F)F. The van der Waals surface area contributed by atoms with Gasteiger partial charge in [-0.1, -0.05) is 0 Å². The molecular weight excluding hydrogens is 291 g/mol. The average molecular weight is 311 g/mol. The topological polar surface area (TPSA) is 95.7 Å². The Morgan fingerprint density at radius 2 is 1.71 bits per heavy atom. The molecule has 1 amide bonds. The van der Waals surface area contributed by atoms with E-state index < -0.39 is 17.7 Å². The van der Waals surface area contributed by atoms with Crippen molar-refractivity contribution >= 4 is 11.9 Å². The summed E-state index contributed by atoms with van der Waals surface area (Å²) in [4.78, 5) is 22.9. The first-order valence-electron chi connectivity index (χ1n) is 6.76. The maximum absolute atomic E-state index is 12.1. The summed E-state index contributed by atoms with van der Waals surface area (Å²) >= 11 is 0. The van der Waals surface area contributed by atoms with Gasteiger partial charge >= 0.3 is 12.1 Å². The van der Waals surface area contributed by atoms with Gasteiger partial charge in [-0.2, -0.15) is 13.2 Å². The van der Waals surface area contributed by atoms with E-state index in [2.05, 4.69) is 5.32 Å². The molecule has 2 aliphatic rings. The minimum Gasteiger partial charge on any atom is -0.475 e. The molecular formula is C12H20F3N3O3. The number of aliphatic carboxylic acids is 1. The number of nitrogens with one attached hydrogen (secondary N) is 1. The monoisotopic (exact) mass is 311 g/mol. The third-order valence-electron chi connectivity index (χ3n) is 3.48. The summed E-state index contributed by atoms with van der Waals surface area (Å²) in [6.07, 6.45) is -0.976. The molecule has 0 radical (unpaired) electrons. The molecule has 2 fully saturated rings. The first-order chi connectivity index (χ1) is 9.67. The van der Waals surface area contributed by atoms with Gasteiger partial charge in [-0.25, -0.2) is 4.79 Å². The molecule has 1 unspecified atom stereocenters. The normalized spacial score (nSPS) is 26.0. The minimum absolute atomic E-state index is 0.155. The van der Waals surface area contributed by atoms with Crippen molar-refractivity contribution in [3.63, 3.8) is 0 Å². The van der Waals surface area contributed by atoms with Gasteiger partial charge in [0.05, 0.1) is 0 Å². The summed E-state index contributed by atoms with van der Waals surface area (Å²) in [5.41, 5.74) is 5.51. The van der Waals surface area contributed by atoms with Crippen LogP contribution < -0.4 is 11.1 Å².